The van der Waals surface area contributed by atoms with Gasteiger partial charge in [-0.1, -0.05) is 41.9 Å². The fourth-order valence-corrected chi connectivity index (χ4v) is 4.47. The number of hydrogen-bond acceptors (Lipinski definition) is 4. The van der Waals surface area contributed by atoms with Crippen molar-refractivity contribution in [2.24, 2.45) is 5.73 Å². The summed E-state index contributed by atoms with van der Waals surface area (Å²) in [6.07, 6.45) is -2.01. The summed E-state index contributed by atoms with van der Waals surface area (Å²) in [6, 6.07) is 13.7. The van der Waals surface area contributed by atoms with Crippen LogP contribution in [0.3, 0.4) is 0 Å². The number of nitrogens with one attached hydrogen (secondary N) is 1. The Morgan fingerprint density at radius 3 is 2.53 bits per heavy atom. The second-order valence-electron chi connectivity index (χ2n) is 8.46. The van der Waals surface area contributed by atoms with E-state index in [4.69, 9.17) is 17.3 Å². The second kappa shape index (κ2) is 10.3. The van der Waals surface area contributed by atoms with Crippen molar-refractivity contribution in [1.29, 1.82) is 0 Å². The number of amides is 3. The number of primary amides is 1. The number of benzene rings is 3. The van der Waals surface area contributed by atoms with Crippen LogP contribution in [0.2, 0.25) is 5.02 Å². The van der Waals surface area contributed by atoms with Gasteiger partial charge in [-0.2, -0.15) is 0 Å². The third-order valence-electron chi connectivity index (χ3n) is 5.91. The molecule has 36 heavy (non-hydrogen) atoms. The van der Waals surface area contributed by atoms with Crippen molar-refractivity contribution in [1.82, 2.24) is 4.90 Å². The lowest BCUT2D eigenvalue weighted by atomic mass is 10.0. The van der Waals surface area contributed by atoms with Gasteiger partial charge in [0.05, 0.1) is 18.7 Å². The summed E-state index contributed by atoms with van der Waals surface area (Å²) < 4.78 is 29.6. The normalized spacial score (nSPS) is 17.1. The molecule has 0 saturated carbocycles. The summed E-state index contributed by atoms with van der Waals surface area (Å²) in [6.45, 7) is -0.319. The molecule has 1 saturated heterocycles. The van der Waals surface area contributed by atoms with E-state index in [1.807, 2.05) is 0 Å². The van der Waals surface area contributed by atoms with Crippen molar-refractivity contribution in [2.45, 2.75) is 25.1 Å². The summed E-state index contributed by atoms with van der Waals surface area (Å²) in [4.78, 5) is 38.5. The van der Waals surface area contributed by atoms with Crippen LogP contribution in [0.5, 0.6) is 5.75 Å². The molecular formula is C26H22ClF2N3O4. The summed E-state index contributed by atoms with van der Waals surface area (Å²) in [5, 5.41) is 12.6. The minimum atomic E-state index is -1.45. The molecule has 0 aliphatic carbocycles. The van der Waals surface area contributed by atoms with Gasteiger partial charge in [0.25, 0.3) is 0 Å². The van der Waals surface area contributed by atoms with Crippen LogP contribution in [0.4, 0.5) is 14.5 Å². The van der Waals surface area contributed by atoms with E-state index in [1.165, 1.54) is 24.3 Å². The molecular weight excluding hydrogens is 492 g/mol. The molecule has 4 N–H and O–H groups in total. The molecule has 1 aliphatic rings. The van der Waals surface area contributed by atoms with Gasteiger partial charge in [-0.25, -0.2) is 8.78 Å². The third-order valence-corrected chi connectivity index (χ3v) is 6.24. The smallest absolute Gasteiger partial charge is 0.248 e. The maximum atomic E-state index is 15.3. The minimum Gasteiger partial charge on any atom is -0.508 e. The Morgan fingerprint density at radius 2 is 1.81 bits per heavy atom. The predicted molar refractivity (Wildman–Crippen MR) is 131 cm³/mol. The van der Waals surface area contributed by atoms with Crippen LogP contribution in [-0.2, 0) is 16.0 Å². The van der Waals surface area contributed by atoms with Crippen molar-refractivity contribution >= 4 is 35.0 Å². The maximum absolute atomic E-state index is 15.3. The van der Waals surface area contributed by atoms with Crippen molar-refractivity contribution in [3.8, 4) is 16.9 Å². The molecule has 3 amide bonds. The van der Waals surface area contributed by atoms with E-state index >= 15 is 4.39 Å². The number of carbonyl (C=O) groups is 3. The largest absolute Gasteiger partial charge is 0.508 e. The Bertz CT molecular complexity index is 1350. The molecule has 4 rings (SSSR count). The lowest BCUT2D eigenvalue weighted by Crippen LogP contribution is -2.44. The Hall–Kier alpha value is -3.98. The van der Waals surface area contributed by atoms with Crippen molar-refractivity contribution in [3.63, 3.8) is 0 Å². The highest BCUT2D eigenvalue weighted by molar-refractivity contribution is 6.33. The zero-order valence-electron chi connectivity index (χ0n) is 18.9. The Kier molecular flexibility index (Phi) is 7.21. The van der Waals surface area contributed by atoms with Crippen LogP contribution >= 0.6 is 11.6 Å². The first-order chi connectivity index (χ1) is 17.1. The molecule has 186 valence electrons. The number of carbonyl (C=O) groups excluding carboxylic acids is 3. The molecule has 3 aromatic carbocycles. The molecule has 10 heteroatoms. The predicted octanol–water partition coefficient (Wildman–Crippen LogP) is 4.07. The fraction of sp³-hybridized carbons (Fsp3) is 0.192. The number of halogens is 3. The van der Waals surface area contributed by atoms with Crippen LogP contribution in [0.15, 0.2) is 60.7 Å². The third kappa shape index (κ3) is 5.31. The van der Waals surface area contributed by atoms with Gasteiger partial charge in [0.2, 0.25) is 17.7 Å². The summed E-state index contributed by atoms with van der Waals surface area (Å²) in [7, 11) is 0. The quantitative estimate of drug-likeness (QED) is 0.461. The highest BCUT2D eigenvalue weighted by Crippen LogP contribution is 2.33. The molecule has 1 fully saturated rings. The van der Waals surface area contributed by atoms with Crippen molar-refractivity contribution in [3.05, 3.63) is 82.6 Å². The van der Waals surface area contributed by atoms with E-state index < -0.39 is 35.8 Å². The number of hydrogen-bond donors (Lipinski definition) is 3. The van der Waals surface area contributed by atoms with E-state index in [9.17, 15) is 23.9 Å². The highest BCUT2D eigenvalue weighted by Gasteiger charge is 2.40. The van der Waals surface area contributed by atoms with Gasteiger partial charge in [-0.05, 0) is 35.9 Å². The molecule has 7 nitrogen and oxygen atoms in total. The van der Waals surface area contributed by atoms with E-state index in [0.717, 1.165) is 11.0 Å². The number of anilines is 1. The molecule has 0 aromatic heterocycles. The van der Waals surface area contributed by atoms with Crippen LogP contribution in [0.25, 0.3) is 11.1 Å². The Balaban J connectivity index is 1.54. The number of nitrogens with two attached hydrogens (primary N) is 1. The lowest BCUT2D eigenvalue weighted by Gasteiger charge is -2.24. The molecule has 0 bridgehead atoms. The monoisotopic (exact) mass is 513 g/mol. The van der Waals surface area contributed by atoms with E-state index in [2.05, 4.69) is 5.32 Å². The van der Waals surface area contributed by atoms with Gasteiger partial charge in [-0.3, -0.25) is 14.4 Å². The number of rotatable bonds is 6. The first-order valence-electron chi connectivity index (χ1n) is 11.0. The number of likely N-dealkylation sites (tertiary alicyclic amines) is 1. The van der Waals surface area contributed by atoms with Crippen molar-refractivity contribution < 1.29 is 28.3 Å². The second-order valence-corrected chi connectivity index (χ2v) is 8.87. The Morgan fingerprint density at radius 1 is 1.08 bits per heavy atom. The molecule has 0 radical (unpaired) electrons. The number of nitrogens with zero attached hydrogens (tertiary/aromatic N) is 1. The first-order valence-corrected chi connectivity index (χ1v) is 11.4. The zero-order chi connectivity index (χ0) is 26.0. The molecule has 1 heterocycles. The van der Waals surface area contributed by atoms with Crippen LogP contribution in [0, 0.1) is 5.82 Å². The van der Waals surface area contributed by atoms with Gasteiger partial charge >= 0.3 is 0 Å². The number of alkyl halides is 1. The van der Waals surface area contributed by atoms with Gasteiger partial charge in [0.15, 0.2) is 5.82 Å². The summed E-state index contributed by atoms with van der Waals surface area (Å²) >= 11 is 6.18. The average Bonchev–Trinajstić information content (AvgIpc) is 3.22. The number of phenols is 1. The van der Waals surface area contributed by atoms with Gasteiger partial charge in [0, 0.05) is 28.1 Å². The van der Waals surface area contributed by atoms with Crippen molar-refractivity contribution in [2.75, 3.05) is 11.9 Å². The van der Waals surface area contributed by atoms with E-state index in [0.29, 0.717) is 10.6 Å². The van der Waals surface area contributed by atoms with Gasteiger partial charge < -0.3 is 21.1 Å². The van der Waals surface area contributed by atoms with E-state index in [1.54, 1.807) is 30.3 Å². The van der Waals surface area contributed by atoms with Crippen LogP contribution in [-0.4, -0.2) is 46.5 Å². The first kappa shape index (κ1) is 25.1. The Labute approximate surface area is 210 Å². The number of phenolic OH excluding ortho intramolecular Hbond substituents is 1. The SMILES string of the molecule is NC(=O)c1cc(O)cc(CC(=O)N2C[C@H](F)C[C@H]2C(=O)Nc2cccc(-c3ccccc3Cl)c2F)c1. The average molecular weight is 514 g/mol. The lowest BCUT2D eigenvalue weighted by molar-refractivity contribution is -0.136. The minimum absolute atomic E-state index is 0.00533. The molecule has 0 unspecified atom stereocenters. The molecule has 0 spiro atoms. The van der Waals surface area contributed by atoms with Gasteiger partial charge in [-0.15, -0.1) is 0 Å². The summed E-state index contributed by atoms with van der Waals surface area (Å²) in [5.74, 6) is -3.11. The van der Waals surface area contributed by atoms with Crippen LogP contribution < -0.4 is 11.1 Å². The standard InChI is InChI=1S/C26H22ClF2N3O4/c27-20-6-2-1-4-18(20)19-5-3-7-21(24(19)29)31-26(36)22-12-16(28)13-32(22)23(34)10-14-8-15(25(30)35)11-17(33)9-14/h1-9,11,16,22,33H,10,12-13H2,(H2,30,35)(H,31,36)/t16-,22+/m1/s1. The van der Waals surface area contributed by atoms with Gasteiger partial charge in [0.1, 0.15) is 18.0 Å². The van der Waals surface area contributed by atoms with E-state index in [-0.39, 0.29) is 47.5 Å². The fourth-order valence-electron chi connectivity index (χ4n) is 4.24. The summed E-state index contributed by atoms with van der Waals surface area (Å²) in [5.41, 5.74) is 6.00. The maximum Gasteiger partial charge on any atom is 0.248 e. The molecule has 2 atom stereocenters. The topological polar surface area (TPSA) is 113 Å². The highest BCUT2D eigenvalue weighted by atomic mass is 35.5. The molecule has 1 aliphatic heterocycles. The molecule has 3 aromatic rings. The van der Waals surface area contributed by atoms with Crippen LogP contribution in [0.1, 0.15) is 22.3 Å². The zero-order valence-corrected chi connectivity index (χ0v) is 19.6. The number of aromatic hydroxyl groups is 1.